The predicted molar refractivity (Wildman–Crippen MR) is 94.5 cm³/mol. The van der Waals surface area contributed by atoms with Gasteiger partial charge in [-0.05, 0) is 36.4 Å². The predicted octanol–water partition coefficient (Wildman–Crippen LogP) is 4.12. The third kappa shape index (κ3) is 4.14. The first-order valence-corrected chi connectivity index (χ1v) is 7.51. The summed E-state index contributed by atoms with van der Waals surface area (Å²) in [6.07, 6.45) is 1.43. The van der Waals surface area contributed by atoms with Gasteiger partial charge in [0.1, 0.15) is 35.3 Å². The Kier molecular flexibility index (Phi) is 4.94. The number of nitrogens with zero attached hydrogens (tertiary/aromatic N) is 2. The molecule has 3 aromatic rings. The number of halogens is 1. The molecule has 0 saturated heterocycles. The zero-order valence-electron chi connectivity index (χ0n) is 13.8. The lowest BCUT2D eigenvalue weighted by Gasteiger charge is -2.12. The molecule has 0 spiro atoms. The molecule has 0 aliphatic carbocycles. The van der Waals surface area contributed by atoms with Crippen LogP contribution in [0.15, 0.2) is 54.9 Å². The molecule has 7 heteroatoms. The first-order chi connectivity index (χ1) is 12.2. The molecule has 1 heterocycles. The molecular formula is C18H17FN4O2. The highest BCUT2D eigenvalue weighted by Gasteiger charge is 2.07. The van der Waals surface area contributed by atoms with Gasteiger partial charge in [0.2, 0.25) is 0 Å². The molecule has 2 N–H and O–H groups in total. The molecule has 0 saturated carbocycles. The summed E-state index contributed by atoms with van der Waals surface area (Å²) >= 11 is 0. The molecule has 1 aromatic heterocycles. The second-order valence-corrected chi connectivity index (χ2v) is 5.11. The van der Waals surface area contributed by atoms with Crippen LogP contribution in [0.4, 0.5) is 27.4 Å². The summed E-state index contributed by atoms with van der Waals surface area (Å²) in [5, 5.41) is 6.27. The lowest BCUT2D eigenvalue weighted by atomic mass is 10.2. The summed E-state index contributed by atoms with van der Waals surface area (Å²) < 4.78 is 23.5. The fraction of sp³-hybridized carbons (Fsp3) is 0.111. The Labute approximate surface area is 144 Å². The average Bonchev–Trinajstić information content (AvgIpc) is 2.64. The van der Waals surface area contributed by atoms with Crippen LogP contribution < -0.4 is 20.1 Å². The van der Waals surface area contributed by atoms with E-state index in [4.69, 9.17) is 9.47 Å². The van der Waals surface area contributed by atoms with E-state index in [0.717, 1.165) is 11.4 Å². The van der Waals surface area contributed by atoms with Gasteiger partial charge in [-0.2, -0.15) is 0 Å². The molecular weight excluding hydrogens is 323 g/mol. The topological polar surface area (TPSA) is 68.3 Å². The molecule has 128 valence electrons. The van der Waals surface area contributed by atoms with Crippen molar-refractivity contribution in [1.29, 1.82) is 0 Å². The molecule has 0 aliphatic rings. The summed E-state index contributed by atoms with van der Waals surface area (Å²) in [6.45, 7) is 0. The minimum Gasteiger partial charge on any atom is -0.497 e. The monoisotopic (exact) mass is 340 g/mol. The van der Waals surface area contributed by atoms with Crippen molar-refractivity contribution in [2.45, 2.75) is 0 Å². The smallest absolute Gasteiger partial charge is 0.146 e. The number of rotatable bonds is 6. The molecule has 0 amide bonds. The normalized spacial score (nSPS) is 10.2. The van der Waals surface area contributed by atoms with Gasteiger partial charge in [0.05, 0.1) is 19.9 Å². The van der Waals surface area contributed by atoms with Crippen LogP contribution in [0.25, 0.3) is 0 Å². The lowest BCUT2D eigenvalue weighted by Crippen LogP contribution is -2.00. The molecule has 0 aliphatic heterocycles. The maximum absolute atomic E-state index is 13.0. The van der Waals surface area contributed by atoms with Gasteiger partial charge >= 0.3 is 0 Å². The molecule has 0 atom stereocenters. The number of ether oxygens (including phenoxy) is 2. The Morgan fingerprint density at radius 3 is 2.24 bits per heavy atom. The summed E-state index contributed by atoms with van der Waals surface area (Å²) in [5.41, 5.74) is 1.47. The molecule has 0 radical (unpaired) electrons. The van der Waals surface area contributed by atoms with Gasteiger partial charge in [0.15, 0.2) is 0 Å². The zero-order chi connectivity index (χ0) is 17.6. The maximum atomic E-state index is 13.0. The van der Waals surface area contributed by atoms with Crippen molar-refractivity contribution in [3.63, 3.8) is 0 Å². The number of aromatic nitrogens is 2. The first kappa shape index (κ1) is 16.5. The van der Waals surface area contributed by atoms with E-state index in [1.54, 1.807) is 38.5 Å². The molecule has 0 bridgehead atoms. The molecule has 25 heavy (non-hydrogen) atoms. The van der Waals surface area contributed by atoms with E-state index in [1.807, 2.05) is 12.1 Å². The number of hydrogen-bond acceptors (Lipinski definition) is 6. The summed E-state index contributed by atoms with van der Waals surface area (Å²) in [7, 11) is 3.18. The van der Waals surface area contributed by atoms with Gasteiger partial charge < -0.3 is 20.1 Å². The maximum Gasteiger partial charge on any atom is 0.146 e. The van der Waals surface area contributed by atoms with Crippen molar-refractivity contribution in [3.05, 3.63) is 60.7 Å². The van der Waals surface area contributed by atoms with Crippen LogP contribution in [-0.4, -0.2) is 24.2 Å². The van der Waals surface area contributed by atoms with E-state index in [-0.39, 0.29) is 5.82 Å². The second-order valence-electron chi connectivity index (χ2n) is 5.11. The van der Waals surface area contributed by atoms with Gasteiger partial charge in [0, 0.05) is 17.8 Å². The van der Waals surface area contributed by atoms with E-state index in [1.165, 1.54) is 18.5 Å². The highest BCUT2D eigenvalue weighted by Crippen LogP contribution is 2.31. The van der Waals surface area contributed by atoms with Crippen LogP contribution in [-0.2, 0) is 0 Å². The average molecular weight is 340 g/mol. The largest absolute Gasteiger partial charge is 0.497 e. The van der Waals surface area contributed by atoms with E-state index in [2.05, 4.69) is 20.6 Å². The lowest BCUT2D eigenvalue weighted by molar-refractivity contribution is 0.395. The Morgan fingerprint density at radius 2 is 1.56 bits per heavy atom. The molecule has 6 nitrogen and oxygen atoms in total. The highest BCUT2D eigenvalue weighted by molar-refractivity contribution is 5.68. The van der Waals surface area contributed by atoms with E-state index in [0.29, 0.717) is 23.1 Å². The van der Waals surface area contributed by atoms with E-state index in [9.17, 15) is 4.39 Å². The van der Waals surface area contributed by atoms with Crippen molar-refractivity contribution >= 4 is 23.0 Å². The van der Waals surface area contributed by atoms with Crippen molar-refractivity contribution in [2.24, 2.45) is 0 Å². The number of methoxy groups -OCH3 is 2. The van der Waals surface area contributed by atoms with Gasteiger partial charge in [0.25, 0.3) is 0 Å². The standard InChI is InChI=1S/C18H17FN4O2/c1-24-14-7-8-15(16(9-14)25-2)23-18-10-17(20-11-21-18)22-13-5-3-12(19)4-6-13/h3-11H,1-2H3,(H2,20,21,22,23). The third-order valence-electron chi connectivity index (χ3n) is 3.46. The minimum absolute atomic E-state index is 0.290. The van der Waals surface area contributed by atoms with E-state index >= 15 is 0 Å². The summed E-state index contributed by atoms with van der Waals surface area (Å²) in [5.74, 6) is 2.21. The summed E-state index contributed by atoms with van der Waals surface area (Å²) in [6, 6.07) is 13.2. The molecule has 0 fully saturated rings. The van der Waals surface area contributed by atoms with E-state index < -0.39 is 0 Å². The van der Waals surface area contributed by atoms with Gasteiger partial charge in [-0.1, -0.05) is 0 Å². The fourth-order valence-electron chi connectivity index (χ4n) is 2.21. The molecule has 3 rings (SSSR count). The number of hydrogen-bond donors (Lipinski definition) is 2. The number of anilines is 4. The van der Waals surface area contributed by atoms with Gasteiger partial charge in [-0.25, -0.2) is 14.4 Å². The van der Waals surface area contributed by atoms with Gasteiger partial charge in [-0.3, -0.25) is 0 Å². The minimum atomic E-state index is -0.290. The number of benzene rings is 2. The zero-order valence-corrected chi connectivity index (χ0v) is 13.8. The Bertz CT molecular complexity index is 856. The summed E-state index contributed by atoms with van der Waals surface area (Å²) in [4.78, 5) is 8.36. The second kappa shape index (κ2) is 7.48. The SMILES string of the molecule is COc1ccc(Nc2cc(Nc3ccc(F)cc3)ncn2)c(OC)c1. The van der Waals surface area contributed by atoms with Crippen LogP contribution in [0.5, 0.6) is 11.5 Å². The van der Waals surface area contributed by atoms with Crippen molar-refractivity contribution in [1.82, 2.24) is 9.97 Å². The molecule has 2 aromatic carbocycles. The van der Waals surface area contributed by atoms with Crippen molar-refractivity contribution < 1.29 is 13.9 Å². The Balaban J connectivity index is 1.79. The quantitative estimate of drug-likeness (QED) is 0.703. The van der Waals surface area contributed by atoms with Gasteiger partial charge in [-0.15, -0.1) is 0 Å². The number of nitrogens with one attached hydrogen (secondary N) is 2. The molecule has 0 unspecified atom stereocenters. The Hall–Kier alpha value is -3.35. The van der Waals surface area contributed by atoms with Crippen LogP contribution in [0.2, 0.25) is 0 Å². The van der Waals surface area contributed by atoms with Crippen molar-refractivity contribution in [3.8, 4) is 11.5 Å². The van der Waals surface area contributed by atoms with Crippen LogP contribution >= 0.6 is 0 Å². The van der Waals surface area contributed by atoms with Crippen molar-refractivity contribution in [2.75, 3.05) is 24.9 Å². The fourth-order valence-corrected chi connectivity index (χ4v) is 2.21. The highest BCUT2D eigenvalue weighted by atomic mass is 19.1. The van der Waals surface area contributed by atoms with Crippen LogP contribution in [0, 0.1) is 5.82 Å². The third-order valence-corrected chi connectivity index (χ3v) is 3.46. The first-order valence-electron chi connectivity index (χ1n) is 7.51. The van der Waals surface area contributed by atoms with Crippen LogP contribution in [0.3, 0.4) is 0 Å². The van der Waals surface area contributed by atoms with Crippen LogP contribution in [0.1, 0.15) is 0 Å². The Morgan fingerprint density at radius 1 is 0.840 bits per heavy atom.